The van der Waals surface area contributed by atoms with Gasteiger partial charge in [0, 0.05) is 10.6 Å². The van der Waals surface area contributed by atoms with Crippen LogP contribution in [-0.2, 0) is 4.74 Å². The van der Waals surface area contributed by atoms with Crippen molar-refractivity contribution in [2.24, 2.45) is 0 Å². The maximum atomic E-state index is 12.0. The molecule has 0 spiro atoms. The largest absolute Gasteiger partial charge is 0.478 e. The highest BCUT2D eigenvalue weighted by Crippen LogP contribution is 2.39. The van der Waals surface area contributed by atoms with E-state index in [9.17, 15) is 14.7 Å². The lowest BCUT2D eigenvalue weighted by molar-refractivity contribution is 0.0500. The smallest absolute Gasteiger partial charge is 0.408 e. The molecule has 0 unspecified atom stereocenters. The Labute approximate surface area is 134 Å². The number of alkyl carbamates (subject to hydrolysis) is 1. The van der Waals surface area contributed by atoms with Crippen LogP contribution in [0.25, 0.3) is 0 Å². The fourth-order valence-electron chi connectivity index (χ4n) is 2.44. The number of nitrogens with one attached hydrogen (secondary N) is 1. The number of rotatable bonds is 2. The highest BCUT2D eigenvalue weighted by molar-refractivity contribution is 7.99. The molecule has 1 atom stereocenters. The first-order valence-electron chi connectivity index (χ1n) is 7.18. The van der Waals surface area contributed by atoms with Crippen LogP contribution < -0.4 is 5.32 Å². The Bertz CT molecular complexity index is 607. The van der Waals surface area contributed by atoms with E-state index in [4.69, 9.17) is 4.74 Å². The quantitative estimate of drug-likeness (QED) is 0.867. The molecule has 2 N–H and O–H groups in total. The number of carbonyl (C=O) groups excluding carboxylic acids is 1. The highest BCUT2D eigenvalue weighted by atomic mass is 32.2. The van der Waals surface area contributed by atoms with Crippen LogP contribution in [0.15, 0.2) is 17.0 Å². The summed E-state index contributed by atoms with van der Waals surface area (Å²) in [7, 11) is 0. The SMILES string of the molecule is Cc1c(C(=O)O)ccc2c1SCC[C@@H]2NC(=O)OC(C)(C)C. The van der Waals surface area contributed by atoms with Crippen molar-refractivity contribution < 1.29 is 19.4 Å². The summed E-state index contributed by atoms with van der Waals surface area (Å²) in [5.41, 5.74) is 1.49. The Kier molecular flexibility index (Phi) is 4.70. The molecule has 0 bridgehead atoms. The number of hydrogen-bond acceptors (Lipinski definition) is 4. The molecule has 1 aromatic rings. The summed E-state index contributed by atoms with van der Waals surface area (Å²) < 4.78 is 5.30. The van der Waals surface area contributed by atoms with Gasteiger partial charge in [-0.3, -0.25) is 0 Å². The summed E-state index contributed by atoms with van der Waals surface area (Å²) in [6.45, 7) is 7.27. The zero-order valence-corrected chi connectivity index (χ0v) is 14.0. The van der Waals surface area contributed by atoms with Gasteiger partial charge in [-0.1, -0.05) is 6.07 Å². The summed E-state index contributed by atoms with van der Waals surface area (Å²) in [5, 5.41) is 12.1. The van der Waals surface area contributed by atoms with Crippen LogP contribution in [0.4, 0.5) is 4.79 Å². The first-order chi connectivity index (χ1) is 10.2. The topological polar surface area (TPSA) is 75.6 Å². The fraction of sp³-hybridized carbons (Fsp3) is 0.500. The monoisotopic (exact) mass is 323 g/mol. The van der Waals surface area contributed by atoms with Gasteiger partial charge in [0.2, 0.25) is 0 Å². The van der Waals surface area contributed by atoms with Crippen molar-refractivity contribution in [3.63, 3.8) is 0 Å². The van der Waals surface area contributed by atoms with E-state index < -0.39 is 17.7 Å². The molecule has 0 aromatic heterocycles. The highest BCUT2D eigenvalue weighted by Gasteiger charge is 2.27. The van der Waals surface area contributed by atoms with Gasteiger partial charge in [-0.05, 0) is 51.3 Å². The van der Waals surface area contributed by atoms with E-state index in [1.807, 2.05) is 27.7 Å². The van der Waals surface area contributed by atoms with Crippen molar-refractivity contribution in [1.82, 2.24) is 5.32 Å². The second kappa shape index (κ2) is 6.20. The second-order valence-corrected chi connectivity index (χ2v) is 7.40. The van der Waals surface area contributed by atoms with Crippen LogP contribution in [0.2, 0.25) is 0 Å². The zero-order chi connectivity index (χ0) is 16.5. The molecule has 1 aliphatic heterocycles. The number of thioether (sulfide) groups is 1. The van der Waals surface area contributed by atoms with E-state index in [2.05, 4.69) is 5.32 Å². The number of hydrogen-bond donors (Lipinski definition) is 2. The average Bonchev–Trinajstić information content (AvgIpc) is 2.37. The lowest BCUT2D eigenvalue weighted by Gasteiger charge is -2.29. The molecule has 0 saturated heterocycles. The van der Waals surface area contributed by atoms with E-state index in [-0.39, 0.29) is 6.04 Å². The molecule has 2 rings (SSSR count). The zero-order valence-electron chi connectivity index (χ0n) is 13.2. The molecular weight excluding hydrogens is 302 g/mol. The van der Waals surface area contributed by atoms with Crippen LogP contribution in [0.1, 0.15) is 54.7 Å². The van der Waals surface area contributed by atoms with E-state index in [1.165, 1.54) is 0 Å². The van der Waals surface area contributed by atoms with Crippen molar-refractivity contribution >= 4 is 23.8 Å². The normalized spacial score (nSPS) is 17.5. The maximum absolute atomic E-state index is 12.0. The van der Waals surface area contributed by atoms with Gasteiger partial charge in [-0.15, -0.1) is 11.8 Å². The lowest BCUT2D eigenvalue weighted by atomic mass is 9.98. The minimum absolute atomic E-state index is 0.146. The van der Waals surface area contributed by atoms with E-state index in [1.54, 1.807) is 23.9 Å². The molecule has 6 heteroatoms. The van der Waals surface area contributed by atoms with Crippen molar-refractivity contribution in [2.45, 2.75) is 50.7 Å². The summed E-state index contributed by atoms with van der Waals surface area (Å²) in [4.78, 5) is 24.1. The Balaban J connectivity index is 2.24. The number of amides is 1. The van der Waals surface area contributed by atoms with Crippen LogP contribution in [0.5, 0.6) is 0 Å². The molecule has 1 aromatic carbocycles. The minimum Gasteiger partial charge on any atom is -0.478 e. The van der Waals surface area contributed by atoms with Gasteiger partial charge in [0.25, 0.3) is 0 Å². The first-order valence-corrected chi connectivity index (χ1v) is 8.16. The van der Waals surface area contributed by atoms with Gasteiger partial charge < -0.3 is 15.2 Å². The van der Waals surface area contributed by atoms with Crippen LogP contribution in [-0.4, -0.2) is 28.5 Å². The number of ether oxygens (including phenoxy) is 1. The van der Waals surface area contributed by atoms with Gasteiger partial charge in [-0.2, -0.15) is 0 Å². The second-order valence-electron chi connectivity index (χ2n) is 6.30. The van der Waals surface area contributed by atoms with Crippen molar-refractivity contribution in [2.75, 3.05) is 5.75 Å². The Morgan fingerprint density at radius 1 is 1.36 bits per heavy atom. The molecule has 0 aliphatic carbocycles. The molecule has 0 saturated carbocycles. The molecular formula is C16H21NO4S. The minimum atomic E-state index is -0.928. The summed E-state index contributed by atoms with van der Waals surface area (Å²) in [5.74, 6) is -0.0969. The van der Waals surface area contributed by atoms with Crippen LogP contribution in [0, 0.1) is 6.92 Å². The molecule has 1 aliphatic rings. The number of benzene rings is 1. The maximum Gasteiger partial charge on any atom is 0.408 e. The van der Waals surface area contributed by atoms with Crippen LogP contribution in [0.3, 0.4) is 0 Å². The Morgan fingerprint density at radius 3 is 2.64 bits per heavy atom. The van der Waals surface area contributed by atoms with E-state index >= 15 is 0 Å². The fourth-order valence-corrected chi connectivity index (χ4v) is 3.71. The average molecular weight is 323 g/mol. The third-order valence-corrected chi connectivity index (χ3v) is 4.66. The molecule has 1 amide bonds. The first kappa shape index (κ1) is 16.7. The number of aromatic carboxylic acids is 1. The number of carboxylic acids is 1. The molecule has 0 radical (unpaired) electrons. The molecule has 5 nitrogen and oxygen atoms in total. The molecule has 22 heavy (non-hydrogen) atoms. The van der Waals surface area contributed by atoms with Gasteiger partial charge >= 0.3 is 12.1 Å². The summed E-state index contributed by atoms with van der Waals surface area (Å²) >= 11 is 1.64. The predicted octanol–water partition coefficient (Wildman–Crippen LogP) is 3.75. The van der Waals surface area contributed by atoms with E-state index in [0.717, 1.165) is 28.2 Å². The number of carbonyl (C=O) groups is 2. The van der Waals surface area contributed by atoms with Crippen LogP contribution >= 0.6 is 11.8 Å². The summed E-state index contributed by atoms with van der Waals surface area (Å²) in [6, 6.07) is 3.25. The van der Waals surface area contributed by atoms with Crippen molar-refractivity contribution in [3.05, 3.63) is 28.8 Å². The third kappa shape index (κ3) is 3.74. The van der Waals surface area contributed by atoms with Gasteiger partial charge in [0.1, 0.15) is 5.60 Å². The molecule has 120 valence electrons. The Hall–Kier alpha value is -1.69. The van der Waals surface area contributed by atoms with Crippen molar-refractivity contribution in [1.29, 1.82) is 0 Å². The lowest BCUT2D eigenvalue weighted by Crippen LogP contribution is -2.36. The standard InChI is InChI=1S/C16H21NO4S/c1-9-10(14(18)19)5-6-11-12(7-8-22-13(9)11)17-15(20)21-16(2,3)4/h5-6,12H,7-8H2,1-4H3,(H,17,20)(H,18,19)/t12-/m0/s1. The number of fused-ring (bicyclic) bond motifs is 1. The predicted molar refractivity (Wildman–Crippen MR) is 85.6 cm³/mol. The van der Waals surface area contributed by atoms with Crippen molar-refractivity contribution in [3.8, 4) is 0 Å². The van der Waals surface area contributed by atoms with Gasteiger partial charge in [0.15, 0.2) is 0 Å². The molecule has 1 heterocycles. The van der Waals surface area contributed by atoms with Gasteiger partial charge in [-0.25, -0.2) is 9.59 Å². The Morgan fingerprint density at radius 2 is 2.05 bits per heavy atom. The summed E-state index contributed by atoms with van der Waals surface area (Å²) in [6.07, 6.45) is 0.346. The number of carboxylic acid groups (broad SMARTS) is 1. The van der Waals surface area contributed by atoms with E-state index in [0.29, 0.717) is 5.56 Å². The third-order valence-electron chi connectivity index (χ3n) is 3.39. The van der Waals surface area contributed by atoms with Gasteiger partial charge in [0.05, 0.1) is 11.6 Å². The molecule has 0 fully saturated rings.